The molecule has 190 valence electrons. The average Bonchev–Trinajstić information content (AvgIpc) is 3.48. The summed E-state index contributed by atoms with van der Waals surface area (Å²) in [7, 11) is 2.04. The van der Waals surface area contributed by atoms with Crippen LogP contribution in [0, 0.1) is 0 Å². The van der Waals surface area contributed by atoms with Crippen molar-refractivity contribution in [3.8, 4) is 22.4 Å². The third-order valence-corrected chi connectivity index (χ3v) is 7.38. The van der Waals surface area contributed by atoms with Crippen LogP contribution in [0.1, 0.15) is 27.0 Å². The molecule has 1 amide bonds. The average molecular weight is 519 g/mol. The molecular weight excluding hydrogens is 488 g/mol. The molecule has 0 saturated heterocycles. The number of benzene rings is 4. The van der Waals surface area contributed by atoms with Crippen LogP contribution in [0.2, 0.25) is 0 Å². The number of rotatable bonds is 9. The van der Waals surface area contributed by atoms with E-state index in [0.29, 0.717) is 25.2 Å². The minimum absolute atomic E-state index is 0.0918. The molecule has 3 N–H and O–H groups in total. The summed E-state index contributed by atoms with van der Waals surface area (Å²) in [6, 6.07) is 34.6. The molecule has 0 aliphatic carbocycles. The first-order valence-electron chi connectivity index (χ1n) is 12.6. The first-order valence-corrected chi connectivity index (χ1v) is 13.4. The van der Waals surface area contributed by atoms with Crippen molar-refractivity contribution in [2.24, 2.45) is 5.73 Å². The zero-order valence-corrected chi connectivity index (χ0v) is 22.1. The Hall–Kier alpha value is -4.26. The van der Waals surface area contributed by atoms with Crippen LogP contribution in [-0.2, 0) is 19.6 Å². The second-order valence-electron chi connectivity index (χ2n) is 9.22. The highest BCUT2D eigenvalue weighted by Gasteiger charge is 2.11. The van der Waals surface area contributed by atoms with Gasteiger partial charge in [0.05, 0.1) is 5.69 Å². The predicted molar refractivity (Wildman–Crippen MR) is 157 cm³/mol. The number of carbonyl (C=O) groups excluding carboxylic acids is 1. The summed E-state index contributed by atoms with van der Waals surface area (Å²) in [5.41, 5.74) is 14.0. The molecule has 0 fully saturated rings. The van der Waals surface area contributed by atoms with Crippen molar-refractivity contribution >= 4 is 22.4 Å². The van der Waals surface area contributed by atoms with Crippen LogP contribution in [0.15, 0.2) is 109 Å². The summed E-state index contributed by atoms with van der Waals surface area (Å²) in [5.74, 6) is -0.0918. The van der Waals surface area contributed by atoms with E-state index in [1.807, 2.05) is 61.6 Å². The van der Waals surface area contributed by atoms with Gasteiger partial charge in [0.2, 0.25) is 0 Å². The number of amides is 1. The molecule has 0 radical (unpaired) electrons. The summed E-state index contributed by atoms with van der Waals surface area (Å²) in [5, 5.41) is 6.03. The highest BCUT2D eigenvalue weighted by molar-refractivity contribution is 7.14. The van der Waals surface area contributed by atoms with E-state index < -0.39 is 0 Å². The Bertz CT molecular complexity index is 1500. The first-order chi connectivity index (χ1) is 18.6. The number of thiazole rings is 1. The summed E-state index contributed by atoms with van der Waals surface area (Å²) in [6.07, 6.45) is 0. The Kier molecular flexibility index (Phi) is 7.92. The van der Waals surface area contributed by atoms with Gasteiger partial charge in [-0.05, 0) is 39.9 Å². The van der Waals surface area contributed by atoms with Crippen LogP contribution < -0.4 is 16.0 Å². The van der Waals surface area contributed by atoms with Gasteiger partial charge in [-0.1, -0.05) is 91.0 Å². The van der Waals surface area contributed by atoms with Gasteiger partial charge in [0.1, 0.15) is 0 Å². The molecule has 1 aromatic heterocycles. The summed E-state index contributed by atoms with van der Waals surface area (Å²) in [4.78, 5) is 19.6. The molecule has 5 nitrogen and oxygen atoms in total. The maximum Gasteiger partial charge on any atom is 0.251 e. The molecule has 4 aromatic carbocycles. The lowest BCUT2D eigenvalue weighted by atomic mass is 10.0. The second kappa shape index (κ2) is 11.9. The van der Waals surface area contributed by atoms with Gasteiger partial charge in [-0.3, -0.25) is 4.79 Å². The zero-order chi connectivity index (χ0) is 26.3. The largest absolute Gasteiger partial charge is 0.348 e. The van der Waals surface area contributed by atoms with Crippen molar-refractivity contribution < 1.29 is 4.79 Å². The Balaban J connectivity index is 1.17. The third-order valence-electron chi connectivity index (χ3n) is 6.42. The minimum atomic E-state index is -0.0918. The Morgan fingerprint density at radius 1 is 0.816 bits per heavy atom. The van der Waals surface area contributed by atoms with Crippen molar-refractivity contribution in [3.05, 3.63) is 131 Å². The molecule has 0 unspecified atom stereocenters. The number of nitrogens with one attached hydrogen (secondary N) is 1. The lowest BCUT2D eigenvalue weighted by Crippen LogP contribution is -2.23. The van der Waals surface area contributed by atoms with E-state index in [4.69, 9.17) is 10.7 Å². The van der Waals surface area contributed by atoms with Crippen molar-refractivity contribution in [1.29, 1.82) is 0 Å². The second-order valence-corrected chi connectivity index (χ2v) is 10.1. The van der Waals surface area contributed by atoms with Crippen LogP contribution in [-0.4, -0.2) is 17.9 Å². The summed E-state index contributed by atoms with van der Waals surface area (Å²) < 4.78 is 0. The Morgan fingerprint density at radius 3 is 2.24 bits per heavy atom. The Morgan fingerprint density at radius 2 is 1.50 bits per heavy atom. The molecule has 0 spiro atoms. The zero-order valence-electron chi connectivity index (χ0n) is 21.3. The monoisotopic (exact) mass is 518 g/mol. The fourth-order valence-electron chi connectivity index (χ4n) is 4.29. The minimum Gasteiger partial charge on any atom is -0.348 e. The number of hydrogen-bond donors (Lipinski definition) is 2. The van der Waals surface area contributed by atoms with E-state index in [9.17, 15) is 4.79 Å². The molecule has 1 heterocycles. The normalized spacial score (nSPS) is 10.8. The van der Waals surface area contributed by atoms with Gasteiger partial charge in [0.15, 0.2) is 5.13 Å². The van der Waals surface area contributed by atoms with E-state index in [1.54, 1.807) is 11.3 Å². The lowest BCUT2D eigenvalue weighted by molar-refractivity contribution is 0.0951. The molecule has 6 heteroatoms. The van der Waals surface area contributed by atoms with Crippen molar-refractivity contribution in [3.63, 3.8) is 0 Å². The van der Waals surface area contributed by atoms with Crippen LogP contribution in [0.25, 0.3) is 22.4 Å². The predicted octanol–water partition coefficient (Wildman–Crippen LogP) is 6.50. The van der Waals surface area contributed by atoms with Crippen LogP contribution in [0.5, 0.6) is 0 Å². The molecule has 38 heavy (non-hydrogen) atoms. The quantitative estimate of drug-likeness (QED) is 0.234. The molecule has 0 saturated carbocycles. The number of nitrogens with two attached hydrogens (primary N) is 1. The summed E-state index contributed by atoms with van der Waals surface area (Å²) in [6.45, 7) is 1.66. The van der Waals surface area contributed by atoms with Crippen LogP contribution in [0.4, 0.5) is 5.13 Å². The van der Waals surface area contributed by atoms with Gasteiger partial charge in [0, 0.05) is 43.2 Å². The fraction of sp³-hybridized carbons (Fsp3) is 0.125. The number of hydrogen-bond acceptors (Lipinski definition) is 5. The maximum atomic E-state index is 12.6. The molecule has 5 aromatic rings. The first kappa shape index (κ1) is 25.4. The highest BCUT2D eigenvalue weighted by Crippen LogP contribution is 2.29. The van der Waals surface area contributed by atoms with E-state index in [-0.39, 0.29) is 5.91 Å². The molecule has 0 aliphatic heterocycles. The van der Waals surface area contributed by atoms with Crippen LogP contribution >= 0.6 is 11.3 Å². The van der Waals surface area contributed by atoms with Crippen molar-refractivity contribution in [1.82, 2.24) is 10.3 Å². The van der Waals surface area contributed by atoms with E-state index >= 15 is 0 Å². The fourth-order valence-corrected chi connectivity index (χ4v) is 5.09. The molecule has 0 bridgehead atoms. The lowest BCUT2D eigenvalue weighted by Gasteiger charge is -2.16. The van der Waals surface area contributed by atoms with Crippen molar-refractivity contribution in [2.75, 3.05) is 11.9 Å². The molecular formula is C32H30N4OS. The summed E-state index contributed by atoms with van der Waals surface area (Å²) >= 11 is 1.63. The number of anilines is 1. The number of carbonyl (C=O) groups is 1. The molecule has 0 atom stereocenters. The number of aromatic nitrogens is 1. The third kappa shape index (κ3) is 6.17. The maximum absolute atomic E-state index is 12.6. The SMILES string of the molecule is CN(Cc1ccc(C(=O)NCc2cccc(CN)c2)cc1)c1nc(-c2ccc(-c3ccccc3)cc2)cs1. The Labute approximate surface area is 227 Å². The smallest absolute Gasteiger partial charge is 0.251 e. The van der Waals surface area contributed by atoms with Crippen LogP contribution in [0.3, 0.4) is 0 Å². The van der Waals surface area contributed by atoms with Crippen molar-refractivity contribution in [2.45, 2.75) is 19.6 Å². The van der Waals surface area contributed by atoms with Gasteiger partial charge >= 0.3 is 0 Å². The topological polar surface area (TPSA) is 71.2 Å². The van der Waals surface area contributed by atoms with Gasteiger partial charge in [-0.2, -0.15) is 0 Å². The highest BCUT2D eigenvalue weighted by atomic mass is 32.1. The van der Waals surface area contributed by atoms with E-state index in [2.05, 4.69) is 64.1 Å². The van der Waals surface area contributed by atoms with E-state index in [1.165, 1.54) is 11.1 Å². The standard InChI is InChI=1S/C32H30N4OS/c1-36(32-35-30(22-38-32)28-16-14-27(15-17-28)26-8-3-2-4-9-26)21-23-10-12-29(13-11-23)31(37)34-20-25-7-5-6-24(18-25)19-33/h2-18,22H,19-21,33H2,1H3,(H,34,37). The van der Waals surface area contributed by atoms with Gasteiger partial charge in [0.25, 0.3) is 5.91 Å². The van der Waals surface area contributed by atoms with E-state index in [0.717, 1.165) is 33.1 Å². The molecule has 5 rings (SSSR count). The molecule has 0 aliphatic rings. The van der Waals surface area contributed by atoms with Gasteiger partial charge in [-0.25, -0.2) is 4.98 Å². The van der Waals surface area contributed by atoms with Gasteiger partial charge < -0.3 is 16.0 Å². The van der Waals surface area contributed by atoms with Gasteiger partial charge in [-0.15, -0.1) is 11.3 Å². The number of nitrogens with zero attached hydrogens (tertiary/aromatic N) is 2.